The summed E-state index contributed by atoms with van der Waals surface area (Å²) in [6.07, 6.45) is 6.67. The summed E-state index contributed by atoms with van der Waals surface area (Å²) in [6.45, 7) is 2.94. The molecule has 1 aliphatic carbocycles. The van der Waals surface area contributed by atoms with Crippen molar-refractivity contribution in [2.75, 3.05) is 0 Å². The van der Waals surface area contributed by atoms with Crippen molar-refractivity contribution in [1.29, 1.82) is 0 Å². The van der Waals surface area contributed by atoms with E-state index in [0.29, 0.717) is 12.6 Å². The van der Waals surface area contributed by atoms with Gasteiger partial charge >= 0.3 is 0 Å². The molecule has 1 atom stereocenters. The van der Waals surface area contributed by atoms with Crippen LogP contribution in [0, 0.1) is 16.0 Å². The Balaban J connectivity index is 1.87. The standard InChI is InChI=1S/C15H22N2O2/c1-12(14-7-3-2-4-8-14)16-11-13-6-5-9-15(10-13)17(18)19/h5-6,9-10,12,14,16H,2-4,7-8,11H2,1H3. The van der Waals surface area contributed by atoms with E-state index in [-0.39, 0.29) is 10.6 Å². The second-order valence-electron chi connectivity index (χ2n) is 5.49. The van der Waals surface area contributed by atoms with Crippen molar-refractivity contribution < 1.29 is 4.92 Å². The lowest BCUT2D eigenvalue weighted by atomic mass is 9.84. The van der Waals surface area contributed by atoms with Crippen molar-refractivity contribution in [3.8, 4) is 0 Å². The van der Waals surface area contributed by atoms with Gasteiger partial charge in [-0.25, -0.2) is 0 Å². The largest absolute Gasteiger partial charge is 0.310 e. The summed E-state index contributed by atoms with van der Waals surface area (Å²) in [7, 11) is 0. The van der Waals surface area contributed by atoms with Crippen LogP contribution in [0.5, 0.6) is 0 Å². The molecule has 104 valence electrons. The molecule has 0 aromatic heterocycles. The number of non-ortho nitro benzene ring substituents is 1. The second-order valence-corrected chi connectivity index (χ2v) is 5.49. The van der Waals surface area contributed by atoms with Gasteiger partial charge in [-0.15, -0.1) is 0 Å². The molecular formula is C15H22N2O2. The van der Waals surface area contributed by atoms with Crippen LogP contribution < -0.4 is 5.32 Å². The smallest absolute Gasteiger partial charge is 0.269 e. The van der Waals surface area contributed by atoms with Crippen LogP contribution in [-0.2, 0) is 6.54 Å². The molecule has 1 fully saturated rings. The molecule has 1 aliphatic rings. The summed E-state index contributed by atoms with van der Waals surface area (Å²) in [5.41, 5.74) is 1.15. The minimum absolute atomic E-state index is 0.171. The van der Waals surface area contributed by atoms with Gasteiger partial charge in [-0.2, -0.15) is 0 Å². The van der Waals surface area contributed by atoms with Gasteiger partial charge in [0.25, 0.3) is 5.69 Å². The van der Waals surface area contributed by atoms with Gasteiger partial charge in [-0.05, 0) is 31.2 Å². The van der Waals surface area contributed by atoms with Crippen molar-refractivity contribution >= 4 is 5.69 Å². The maximum absolute atomic E-state index is 10.7. The first-order chi connectivity index (χ1) is 9.16. The topological polar surface area (TPSA) is 55.2 Å². The maximum atomic E-state index is 10.7. The zero-order chi connectivity index (χ0) is 13.7. The second kappa shape index (κ2) is 6.66. The Labute approximate surface area is 114 Å². The van der Waals surface area contributed by atoms with Gasteiger partial charge in [0.15, 0.2) is 0 Å². The van der Waals surface area contributed by atoms with E-state index < -0.39 is 0 Å². The fraction of sp³-hybridized carbons (Fsp3) is 0.600. The molecule has 2 rings (SSSR count). The molecule has 19 heavy (non-hydrogen) atoms. The highest BCUT2D eigenvalue weighted by Crippen LogP contribution is 2.26. The first-order valence-electron chi connectivity index (χ1n) is 7.13. The van der Waals surface area contributed by atoms with E-state index in [1.165, 1.54) is 38.2 Å². The third kappa shape index (κ3) is 4.03. The first kappa shape index (κ1) is 14.0. The van der Waals surface area contributed by atoms with Crippen LogP contribution in [0.2, 0.25) is 0 Å². The summed E-state index contributed by atoms with van der Waals surface area (Å²) in [5, 5.41) is 14.2. The van der Waals surface area contributed by atoms with Crippen LogP contribution in [0.1, 0.15) is 44.6 Å². The molecule has 0 radical (unpaired) electrons. The molecule has 0 heterocycles. The van der Waals surface area contributed by atoms with Crippen LogP contribution in [0.25, 0.3) is 0 Å². The molecule has 0 spiro atoms. The lowest BCUT2D eigenvalue weighted by Gasteiger charge is -2.28. The molecule has 0 amide bonds. The average molecular weight is 262 g/mol. The molecule has 1 aromatic rings. The van der Waals surface area contributed by atoms with Crippen LogP contribution in [0.15, 0.2) is 24.3 Å². The van der Waals surface area contributed by atoms with E-state index in [1.807, 2.05) is 6.07 Å². The van der Waals surface area contributed by atoms with Crippen molar-refractivity contribution in [3.05, 3.63) is 39.9 Å². The van der Waals surface area contributed by atoms with Gasteiger partial charge < -0.3 is 5.32 Å². The SMILES string of the molecule is CC(NCc1cccc([N+](=O)[O-])c1)C1CCCCC1. The molecular weight excluding hydrogens is 240 g/mol. The van der Waals surface area contributed by atoms with Gasteiger partial charge in [0.2, 0.25) is 0 Å². The van der Waals surface area contributed by atoms with Crippen LogP contribution in [0.4, 0.5) is 5.69 Å². The number of hydrogen-bond donors (Lipinski definition) is 1. The van der Waals surface area contributed by atoms with Crippen LogP contribution in [-0.4, -0.2) is 11.0 Å². The van der Waals surface area contributed by atoms with Gasteiger partial charge in [-0.1, -0.05) is 31.4 Å². The van der Waals surface area contributed by atoms with E-state index in [0.717, 1.165) is 11.5 Å². The zero-order valence-corrected chi connectivity index (χ0v) is 11.5. The summed E-state index contributed by atoms with van der Waals surface area (Å²) in [4.78, 5) is 10.4. The van der Waals surface area contributed by atoms with Crippen molar-refractivity contribution in [2.45, 2.75) is 51.6 Å². The monoisotopic (exact) mass is 262 g/mol. The van der Waals surface area contributed by atoms with Gasteiger partial charge in [0.05, 0.1) is 4.92 Å². The Morgan fingerprint density at radius 2 is 2.11 bits per heavy atom. The number of rotatable bonds is 5. The zero-order valence-electron chi connectivity index (χ0n) is 11.5. The predicted octanol–water partition coefficient (Wildman–Crippen LogP) is 3.65. The molecule has 4 nitrogen and oxygen atoms in total. The fourth-order valence-electron chi connectivity index (χ4n) is 2.86. The van der Waals surface area contributed by atoms with Crippen LogP contribution >= 0.6 is 0 Å². The molecule has 1 saturated carbocycles. The summed E-state index contributed by atoms with van der Waals surface area (Å²) >= 11 is 0. The lowest BCUT2D eigenvalue weighted by Crippen LogP contribution is -2.34. The quantitative estimate of drug-likeness (QED) is 0.651. The summed E-state index contributed by atoms with van der Waals surface area (Å²) in [6, 6.07) is 7.36. The van der Waals surface area contributed by atoms with Crippen molar-refractivity contribution in [3.63, 3.8) is 0 Å². The van der Waals surface area contributed by atoms with Crippen molar-refractivity contribution in [1.82, 2.24) is 5.32 Å². The Hall–Kier alpha value is -1.42. The lowest BCUT2D eigenvalue weighted by molar-refractivity contribution is -0.384. The number of nitro benzene ring substituents is 1. The third-order valence-corrected chi connectivity index (χ3v) is 4.11. The van der Waals surface area contributed by atoms with Gasteiger partial charge in [0, 0.05) is 24.7 Å². The van der Waals surface area contributed by atoms with E-state index in [1.54, 1.807) is 12.1 Å². The van der Waals surface area contributed by atoms with Gasteiger partial charge in [0.1, 0.15) is 0 Å². The number of hydrogen-bond acceptors (Lipinski definition) is 3. The Morgan fingerprint density at radius 1 is 1.37 bits per heavy atom. The summed E-state index contributed by atoms with van der Waals surface area (Å²) in [5.74, 6) is 0.757. The molecule has 0 saturated heterocycles. The number of nitro groups is 1. The minimum atomic E-state index is -0.339. The van der Waals surface area contributed by atoms with E-state index in [4.69, 9.17) is 0 Å². The minimum Gasteiger partial charge on any atom is -0.310 e. The summed E-state index contributed by atoms with van der Waals surface area (Å²) < 4.78 is 0. The first-order valence-corrected chi connectivity index (χ1v) is 7.13. The predicted molar refractivity (Wildman–Crippen MR) is 76.0 cm³/mol. The third-order valence-electron chi connectivity index (χ3n) is 4.11. The highest BCUT2D eigenvalue weighted by molar-refractivity contribution is 5.34. The van der Waals surface area contributed by atoms with Crippen molar-refractivity contribution in [2.24, 2.45) is 5.92 Å². The van der Waals surface area contributed by atoms with E-state index >= 15 is 0 Å². The van der Waals surface area contributed by atoms with Crippen LogP contribution in [0.3, 0.4) is 0 Å². The average Bonchev–Trinajstić information content (AvgIpc) is 2.46. The number of benzene rings is 1. The number of nitrogens with one attached hydrogen (secondary N) is 1. The molecule has 4 heteroatoms. The number of nitrogens with zero attached hydrogens (tertiary/aromatic N) is 1. The highest BCUT2D eigenvalue weighted by atomic mass is 16.6. The fourth-order valence-corrected chi connectivity index (χ4v) is 2.86. The molecule has 0 bridgehead atoms. The Bertz CT molecular complexity index is 428. The normalized spacial score (nSPS) is 18.2. The maximum Gasteiger partial charge on any atom is 0.269 e. The molecule has 1 N–H and O–H groups in total. The van der Waals surface area contributed by atoms with E-state index in [9.17, 15) is 10.1 Å². The molecule has 1 aromatic carbocycles. The Morgan fingerprint density at radius 3 is 2.79 bits per heavy atom. The van der Waals surface area contributed by atoms with E-state index in [2.05, 4.69) is 12.2 Å². The highest BCUT2D eigenvalue weighted by Gasteiger charge is 2.19. The Kier molecular flexibility index (Phi) is 4.91. The van der Waals surface area contributed by atoms with Gasteiger partial charge in [-0.3, -0.25) is 10.1 Å². The molecule has 1 unspecified atom stereocenters. The molecule has 0 aliphatic heterocycles.